The van der Waals surface area contributed by atoms with Crippen LogP contribution in [0.4, 0.5) is 13.2 Å². The van der Waals surface area contributed by atoms with Crippen LogP contribution in [0.5, 0.6) is 0 Å². The Bertz CT molecular complexity index is 405. The van der Waals surface area contributed by atoms with E-state index in [0.29, 0.717) is 6.54 Å². The SMILES string of the molecule is CC(N)C(N1CCCC1c1ccncc1)C(F)(F)F. The first-order valence-corrected chi connectivity index (χ1v) is 6.39. The average molecular weight is 273 g/mol. The molecule has 0 aromatic carbocycles. The Hall–Kier alpha value is -1.14. The minimum absolute atomic E-state index is 0.222. The summed E-state index contributed by atoms with van der Waals surface area (Å²) in [7, 11) is 0. The Morgan fingerprint density at radius 3 is 2.53 bits per heavy atom. The normalized spacial score (nSPS) is 24.4. The van der Waals surface area contributed by atoms with Crippen molar-refractivity contribution in [3.63, 3.8) is 0 Å². The summed E-state index contributed by atoms with van der Waals surface area (Å²) in [6.07, 6.45) is 0.403. The zero-order valence-corrected chi connectivity index (χ0v) is 10.8. The molecule has 1 aromatic rings. The quantitative estimate of drug-likeness (QED) is 0.920. The van der Waals surface area contributed by atoms with Crippen LogP contribution in [0.1, 0.15) is 31.4 Å². The van der Waals surface area contributed by atoms with Gasteiger partial charge in [-0.3, -0.25) is 9.88 Å². The number of hydrogen-bond donors (Lipinski definition) is 1. The number of nitrogens with two attached hydrogens (primary N) is 1. The van der Waals surface area contributed by atoms with E-state index in [1.807, 2.05) is 0 Å². The molecule has 1 aromatic heterocycles. The highest BCUT2D eigenvalue weighted by molar-refractivity contribution is 5.17. The monoisotopic (exact) mass is 273 g/mol. The molecule has 1 aliphatic rings. The summed E-state index contributed by atoms with van der Waals surface area (Å²) in [5.74, 6) is 0. The molecule has 2 N–H and O–H groups in total. The number of rotatable bonds is 3. The highest BCUT2D eigenvalue weighted by Crippen LogP contribution is 2.38. The number of aromatic nitrogens is 1. The molecule has 19 heavy (non-hydrogen) atoms. The summed E-state index contributed by atoms with van der Waals surface area (Å²) in [6.45, 7) is 1.85. The molecule has 0 radical (unpaired) electrons. The average Bonchev–Trinajstić information content (AvgIpc) is 2.76. The molecule has 1 fully saturated rings. The van der Waals surface area contributed by atoms with Crippen LogP contribution in [-0.4, -0.2) is 34.7 Å². The second kappa shape index (κ2) is 5.46. The van der Waals surface area contributed by atoms with Crippen LogP contribution in [0.2, 0.25) is 0 Å². The van der Waals surface area contributed by atoms with Gasteiger partial charge < -0.3 is 5.73 Å². The van der Waals surface area contributed by atoms with Gasteiger partial charge in [0.25, 0.3) is 0 Å². The zero-order valence-electron chi connectivity index (χ0n) is 10.8. The largest absolute Gasteiger partial charge is 0.405 e. The molecular weight excluding hydrogens is 255 g/mol. The predicted octanol–water partition coefficient (Wildman–Crippen LogP) is 2.50. The smallest absolute Gasteiger partial charge is 0.326 e. The van der Waals surface area contributed by atoms with Crippen molar-refractivity contribution in [1.82, 2.24) is 9.88 Å². The third-order valence-corrected chi connectivity index (χ3v) is 3.58. The predicted molar refractivity (Wildman–Crippen MR) is 66.4 cm³/mol. The van der Waals surface area contributed by atoms with Gasteiger partial charge in [-0.15, -0.1) is 0 Å². The molecule has 3 unspecified atom stereocenters. The second-order valence-electron chi connectivity index (χ2n) is 5.02. The van der Waals surface area contributed by atoms with Gasteiger partial charge in [0.05, 0.1) is 0 Å². The van der Waals surface area contributed by atoms with E-state index in [-0.39, 0.29) is 6.04 Å². The lowest BCUT2D eigenvalue weighted by atomic mass is 10.0. The highest BCUT2D eigenvalue weighted by atomic mass is 19.4. The summed E-state index contributed by atoms with van der Waals surface area (Å²) in [6, 6.07) is 0.797. The van der Waals surface area contributed by atoms with E-state index < -0.39 is 18.3 Å². The molecule has 1 aliphatic heterocycles. The first kappa shape index (κ1) is 14.3. The standard InChI is InChI=1S/C13H18F3N3/c1-9(17)12(13(14,15)16)19-8-2-3-11(19)10-4-6-18-7-5-10/h4-7,9,11-12H,2-3,8,17H2,1H3. The molecule has 0 saturated carbocycles. The van der Waals surface area contributed by atoms with Crippen molar-refractivity contribution in [1.29, 1.82) is 0 Å². The molecule has 3 nitrogen and oxygen atoms in total. The van der Waals surface area contributed by atoms with Gasteiger partial charge in [0.15, 0.2) is 0 Å². The topological polar surface area (TPSA) is 42.1 Å². The lowest BCUT2D eigenvalue weighted by molar-refractivity contribution is -0.190. The Kier molecular flexibility index (Phi) is 4.10. The molecule has 0 amide bonds. The van der Waals surface area contributed by atoms with Gasteiger partial charge in [0.1, 0.15) is 6.04 Å². The van der Waals surface area contributed by atoms with Crippen molar-refractivity contribution < 1.29 is 13.2 Å². The third kappa shape index (κ3) is 3.06. The van der Waals surface area contributed by atoms with E-state index >= 15 is 0 Å². The van der Waals surface area contributed by atoms with E-state index in [1.165, 1.54) is 11.8 Å². The number of hydrogen-bond acceptors (Lipinski definition) is 3. The Balaban J connectivity index is 2.27. The minimum atomic E-state index is -4.30. The van der Waals surface area contributed by atoms with Crippen molar-refractivity contribution >= 4 is 0 Å². The van der Waals surface area contributed by atoms with Crippen LogP contribution >= 0.6 is 0 Å². The van der Waals surface area contributed by atoms with Crippen molar-refractivity contribution in [2.75, 3.05) is 6.54 Å². The first-order valence-electron chi connectivity index (χ1n) is 6.39. The fourth-order valence-corrected chi connectivity index (χ4v) is 2.85. The van der Waals surface area contributed by atoms with Crippen LogP contribution in [0.3, 0.4) is 0 Å². The minimum Gasteiger partial charge on any atom is -0.326 e. The van der Waals surface area contributed by atoms with E-state index in [1.54, 1.807) is 24.5 Å². The molecule has 2 heterocycles. The van der Waals surface area contributed by atoms with E-state index in [2.05, 4.69) is 4.98 Å². The molecule has 2 rings (SSSR count). The number of pyridine rings is 1. The Labute approximate surface area is 110 Å². The van der Waals surface area contributed by atoms with Crippen molar-refractivity contribution in [2.24, 2.45) is 5.73 Å². The van der Waals surface area contributed by atoms with Crippen LogP contribution in [0, 0.1) is 0 Å². The summed E-state index contributed by atoms with van der Waals surface area (Å²) < 4.78 is 39.5. The maximum absolute atomic E-state index is 13.2. The van der Waals surface area contributed by atoms with Gasteiger partial charge in [-0.1, -0.05) is 0 Å². The molecule has 0 bridgehead atoms. The van der Waals surface area contributed by atoms with E-state index in [9.17, 15) is 13.2 Å². The number of alkyl halides is 3. The lowest BCUT2D eigenvalue weighted by Gasteiger charge is -2.36. The van der Waals surface area contributed by atoms with Gasteiger partial charge in [-0.05, 0) is 44.0 Å². The summed E-state index contributed by atoms with van der Waals surface area (Å²) >= 11 is 0. The number of halogens is 3. The van der Waals surface area contributed by atoms with Crippen LogP contribution in [0.15, 0.2) is 24.5 Å². The second-order valence-corrected chi connectivity index (χ2v) is 5.02. The van der Waals surface area contributed by atoms with Gasteiger partial charge in [-0.25, -0.2) is 0 Å². The fourth-order valence-electron chi connectivity index (χ4n) is 2.85. The van der Waals surface area contributed by atoms with Gasteiger partial charge in [0.2, 0.25) is 0 Å². The maximum Gasteiger partial charge on any atom is 0.405 e. The van der Waals surface area contributed by atoms with Crippen LogP contribution < -0.4 is 5.73 Å². The molecule has 3 atom stereocenters. The van der Waals surface area contributed by atoms with Crippen LogP contribution in [-0.2, 0) is 0 Å². The number of likely N-dealkylation sites (tertiary alicyclic amines) is 1. The van der Waals surface area contributed by atoms with Gasteiger partial charge in [0, 0.05) is 24.5 Å². The summed E-state index contributed by atoms with van der Waals surface area (Å²) in [4.78, 5) is 5.39. The first-order chi connectivity index (χ1) is 8.91. The van der Waals surface area contributed by atoms with Gasteiger partial charge in [-0.2, -0.15) is 13.2 Å². The van der Waals surface area contributed by atoms with E-state index in [0.717, 1.165) is 18.4 Å². The highest BCUT2D eigenvalue weighted by Gasteiger charge is 2.49. The molecule has 1 saturated heterocycles. The van der Waals surface area contributed by atoms with Gasteiger partial charge >= 0.3 is 6.18 Å². The van der Waals surface area contributed by atoms with Crippen LogP contribution in [0.25, 0.3) is 0 Å². The summed E-state index contributed by atoms with van der Waals surface area (Å²) in [5, 5.41) is 0. The number of nitrogens with zero attached hydrogens (tertiary/aromatic N) is 2. The summed E-state index contributed by atoms with van der Waals surface area (Å²) in [5.41, 5.74) is 6.45. The van der Waals surface area contributed by atoms with Crippen molar-refractivity contribution in [3.8, 4) is 0 Å². The molecule has 0 spiro atoms. The maximum atomic E-state index is 13.2. The Morgan fingerprint density at radius 2 is 2.00 bits per heavy atom. The third-order valence-electron chi connectivity index (χ3n) is 3.58. The Morgan fingerprint density at radius 1 is 1.37 bits per heavy atom. The fraction of sp³-hybridized carbons (Fsp3) is 0.615. The zero-order chi connectivity index (χ0) is 14.0. The van der Waals surface area contributed by atoms with Crippen molar-refractivity contribution in [2.45, 2.75) is 44.1 Å². The molecule has 6 heteroatoms. The molecule has 0 aliphatic carbocycles. The van der Waals surface area contributed by atoms with E-state index in [4.69, 9.17) is 5.73 Å². The van der Waals surface area contributed by atoms with Crippen molar-refractivity contribution in [3.05, 3.63) is 30.1 Å². The molecular formula is C13H18F3N3. The molecule has 106 valence electrons. The lowest BCUT2D eigenvalue weighted by Crippen LogP contribution is -2.54.